The first-order chi connectivity index (χ1) is 26.0. The van der Waals surface area contributed by atoms with Crippen LogP contribution in [-0.4, -0.2) is 9.13 Å². The molecule has 0 amide bonds. The summed E-state index contributed by atoms with van der Waals surface area (Å²) in [6.07, 6.45) is 0. The van der Waals surface area contributed by atoms with Gasteiger partial charge in [-0.15, -0.1) is 0 Å². The van der Waals surface area contributed by atoms with Gasteiger partial charge in [0.2, 0.25) is 0 Å². The molecular formula is C48H29N5. The number of rotatable bonds is 3. The molecule has 0 radical (unpaired) electrons. The monoisotopic (exact) mass is 675 g/mol. The molecule has 0 saturated heterocycles. The van der Waals surface area contributed by atoms with Crippen molar-refractivity contribution >= 4 is 43.6 Å². The summed E-state index contributed by atoms with van der Waals surface area (Å²) in [5, 5.41) is 36.4. The second kappa shape index (κ2) is 11.1. The molecule has 0 unspecified atom stereocenters. The Morgan fingerprint density at radius 1 is 0.491 bits per heavy atom. The number of hydrogen-bond donors (Lipinski definition) is 0. The smallest absolute Gasteiger partial charge is 0.103 e. The predicted octanol–water partition coefficient (Wildman–Crippen LogP) is 11.5. The first-order valence-corrected chi connectivity index (χ1v) is 17.6. The number of para-hydroxylation sites is 3. The minimum Gasteiger partial charge on any atom is -0.309 e. The van der Waals surface area contributed by atoms with Crippen LogP contribution in [0, 0.1) is 34.0 Å². The van der Waals surface area contributed by atoms with E-state index in [1.165, 1.54) is 33.0 Å². The average molecular weight is 676 g/mol. The summed E-state index contributed by atoms with van der Waals surface area (Å²) >= 11 is 0. The molecule has 0 aliphatic heterocycles. The average Bonchev–Trinajstić information content (AvgIpc) is 3.80. The van der Waals surface area contributed by atoms with Gasteiger partial charge in [-0.1, -0.05) is 111 Å². The lowest BCUT2D eigenvalue weighted by atomic mass is 9.82. The van der Waals surface area contributed by atoms with Crippen molar-refractivity contribution in [2.75, 3.05) is 0 Å². The van der Waals surface area contributed by atoms with E-state index in [4.69, 9.17) is 0 Å². The fourth-order valence-corrected chi connectivity index (χ4v) is 8.95. The summed E-state index contributed by atoms with van der Waals surface area (Å²) in [5.41, 5.74) is 12.5. The van der Waals surface area contributed by atoms with E-state index in [0.717, 1.165) is 38.5 Å². The summed E-state index contributed by atoms with van der Waals surface area (Å²) in [6, 6.07) is 54.6. The molecular weight excluding hydrogens is 647 g/mol. The Hall–Kier alpha value is -7.39. The Morgan fingerprint density at radius 3 is 1.72 bits per heavy atom. The van der Waals surface area contributed by atoms with Crippen molar-refractivity contribution in [3.05, 3.63) is 167 Å². The summed E-state index contributed by atoms with van der Waals surface area (Å²) in [6.45, 7) is 4.61. The number of nitriles is 3. The predicted molar refractivity (Wildman–Crippen MR) is 212 cm³/mol. The molecule has 0 saturated carbocycles. The Balaban J connectivity index is 1.17. The van der Waals surface area contributed by atoms with Crippen molar-refractivity contribution in [1.29, 1.82) is 15.8 Å². The second-order valence-corrected chi connectivity index (χ2v) is 14.2. The maximum atomic E-state index is 10.7. The topological polar surface area (TPSA) is 81.2 Å². The van der Waals surface area contributed by atoms with E-state index in [-0.39, 0.29) is 16.5 Å². The number of nitrogens with zero attached hydrogens (tertiary/aromatic N) is 5. The highest BCUT2D eigenvalue weighted by atomic mass is 15.0. The van der Waals surface area contributed by atoms with Gasteiger partial charge in [-0.3, -0.25) is 0 Å². The third-order valence-corrected chi connectivity index (χ3v) is 11.3. The van der Waals surface area contributed by atoms with Crippen LogP contribution in [0.2, 0.25) is 0 Å². The van der Waals surface area contributed by atoms with Crippen LogP contribution in [0.5, 0.6) is 0 Å². The maximum Gasteiger partial charge on any atom is 0.103 e. The number of fused-ring (bicyclic) bond motifs is 10. The summed E-state index contributed by atoms with van der Waals surface area (Å²) in [7, 11) is 0. The molecule has 53 heavy (non-hydrogen) atoms. The highest BCUT2D eigenvalue weighted by Gasteiger charge is 2.37. The Morgan fingerprint density at radius 2 is 1.08 bits per heavy atom. The lowest BCUT2D eigenvalue weighted by molar-refractivity contribution is 0.661. The van der Waals surface area contributed by atoms with Crippen molar-refractivity contribution in [1.82, 2.24) is 9.13 Å². The molecule has 5 nitrogen and oxygen atoms in total. The highest BCUT2D eigenvalue weighted by Crippen LogP contribution is 2.53. The second-order valence-electron chi connectivity index (χ2n) is 14.2. The molecule has 10 rings (SSSR count). The van der Waals surface area contributed by atoms with Crippen molar-refractivity contribution in [2.45, 2.75) is 19.3 Å². The van der Waals surface area contributed by atoms with Crippen LogP contribution < -0.4 is 0 Å². The molecule has 7 aromatic carbocycles. The highest BCUT2D eigenvalue weighted by molar-refractivity contribution is 6.18. The van der Waals surface area contributed by atoms with E-state index >= 15 is 0 Å². The van der Waals surface area contributed by atoms with E-state index in [1.807, 2.05) is 65.2 Å². The van der Waals surface area contributed by atoms with Gasteiger partial charge >= 0.3 is 0 Å². The van der Waals surface area contributed by atoms with Crippen molar-refractivity contribution in [2.24, 2.45) is 0 Å². The van der Waals surface area contributed by atoms with Gasteiger partial charge in [0.05, 0.1) is 50.5 Å². The van der Waals surface area contributed by atoms with E-state index < -0.39 is 0 Å². The van der Waals surface area contributed by atoms with Crippen LogP contribution in [-0.2, 0) is 5.41 Å². The quantitative estimate of drug-likeness (QED) is 0.187. The Kier molecular flexibility index (Phi) is 6.35. The number of benzene rings is 7. The molecule has 1 aliphatic rings. The van der Waals surface area contributed by atoms with Crippen LogP contribution in [0.1, 0.15) is 41.7 Å². The van der Waals surface area contributed by atoms with Crippen LogP contribution in [0.4, 0.5) is 0 Å². The van der Waals surface area contributed by atoms with Crippen molar-refractivity contribution < 1.29 is 0 Å². The van der Waals surface area contributed by atoms with Gasteiger partial charge in [0.1, 0.15) is 12.1 Å². The van der Waals surface area contributed by atoms with Gasteiger partial charge < -0.3 is 9.13 Å². The largest absolute Gasteiger partial charge is 0.309 e. The fourth-order valence-electron chi connectivity index (χ4n) is 8.95. The Labute approximate surface area is 306 Å². The molecule has 0 N–H and O–H groups in total. The lowest BCUT2D eigenvalue weighted by Crippen LogP contribution is -2.14. The van der Waals surface area contributed by atoms with E-state index in [9.17, 15) is 15.8 Å². The molecule has 5 heteroatoms. The van der Waals surface area contributed by atoms with Gasteiger partial charge in [0, 0.05) is 38.2 Å². The van der Waals surface area contributed by atoms with E-state index in [0.29, 0.717) is 22.4 Å². The normalized spacial score (nSPS) is 12.8. The summed E-state index contributed by atoms with van der Waals surface area (Å²) < 4.78 is 4.29. The summed E-state index contributed by atoms with van der Waals surface area (Å²) in [5.74, 6) is 0. The van der Waals surface area contributed by atoms with Gasteiger partial charge in [-0.05, 0) is 70.3 Å². The maximum absolute atomic E-state index is 10.7. The minimum atomic E-state index is -0.110. The molecule has 1 aliphatic carbocycles. The first kappa shape index (κ1) is 30.4. The molecule has 0 fully saturated rings. The third-order valence-electron chi connectivity index (χ3n) is 11.3. The van der Waals surface area contributed by atoms with Crippen LogP contribution in [0.25, 0.3) is 77.2 Å². The fraction of sp³-hybridized carbons (Fsp3) is 0.0625. The zero-order chi connectivity index (χ0) is 36.0. The SMILES string of the molecule is CC1(C)c2ccccc2-c2c1ccc1c2c2ccccc2n1-c1ccc(-c2c(C#N)cc(-n3c4ccccc4c4ccccc43)c(C#N)c2C#N)cc1. The minimum absolute atomic E-state index is 0.110. The van der Waals surface area contributed by atoms with Crippen LogP contribution in [0.15, 0.2) is 140 Å². The third kappa shape index (κ3) is 4.04. The van der Waals surface area contributed by atoms with Gasteiger partial charge in [0.15, 0.2) is 0 Å². The summed E-state index contributed by atoms with van der Waals surface area (Å²) in [4.78, 5) is 0. The van der Waals surface area contributed by atoms with Gasteiger partial charge in [-0.25, -0.2) is 0 Å². The molecule has 9 aromatic rings. The Bertz CT molecular complexity index is 3120. The number of aromatic nitrogens is 2. The van der Waals surface area contributed by atoms with Gasteiger partial charge in [-0.2, -0.15) is 15.8 Å². The molecule has 2 heterocycles. The molecule has 246 valence electrons. The van der Waals surface area contributed by atoms with E-state index in [2.05, 4.69) is 109 Å². The number of hydrogen-bond acceptors (Lipinski definition) is 3. The van der Waals surface area contributed by atoms with E-state index in [1.54, 1.807) is 6.07 Å². The van der Waals surface area contributed by atoms with Gasteiger partial charge in [0.25, 0.3) is 0 Å². The molecule has 0 atom stereocenters. The van der Waals surface area contributed by atoms with Crippen molar-refractivity contribution in [3.8, 4) is 51.8 Å². The zero-order valence-electron chi connectivity index (χ0n) is 29.0. The molecule has 0 bridgehead atoms. The van der Waals surface area contributed by atoms with Crippen molar-refractivity contribution in [3.63, 3.8) is 0 Å². The van der Waals surface area contributed by atoms with Crippen LogP contribution in [0.3, 0.4) is 0 Å². The lowest BCUT2D eigenvalue weighted by Gasteiger charge is -2.21. The standard InChI is InChI=1S/C48H29N5/c1-48(2)38-15-7-3-13-34(38)46-39(48)23-24-43-47(46)35-14-6-10-18-42(35)52(43)31-21-19-29(20-22-31)45-30(26-49)25-44(36(27-50)37(45)28-51)53-40-16-8-4-11-32(40)33-12-5-9-17-41(33)53/h3-25H,1-2H3. The zero-order valence-corrected chi connectivity index (χ0v) is 29.0. The first-order valence-electron chi connectivity index (χ1n) is 17.6. The van der Waals surface area contributed by atoms with Crippen LogP contribution >= 0.6 is 0 Å². The molecule has 0 spiro atoms. The molecule has 2 aromatic heterocycles.